The van der Waals surface area contributed by atoms with Crippen LogP contribution >= 0.6 is 23.2 Å². The lowest BCUT2D eigenvalue weighted by atomic mass is 10.1. The first kappa shape index (κ1) is 21.7. The van der Waals surface area contributed by atoms with Crippen LogP contribution in [0.5, 0.6) is 5.75 Å². The highest BCUT2D eigenvalue weighted by Gasteiger charge is 2.30. The highest BCUT2D eigenvalue weighted by atomic mass is 35.5. The zero-order chi connectivity index (χ0) is 21.2. The average Bonchev–Trinajstić information content (AvgIpc) is 3.48. The third-order valence-electron chi connectivity index (χ3n) is 4.66. The van der Waals surface area contributed by atoms with Crippen LogP contribution in [0.3, 0.4) is 0 Å². The molecule has 2 N–H and O–H groups in total. The van der Waals surface area contributed by atoms with E-state index in [1.54, 1.807) is 24.3 Å². The number of benzene rings is 2. The minimum atomic E-state index is -4.04. The summed E-state index contributed by atoms with van der Waals surface area (Å²) in [6, 6.07) is 8.94. The van der Waals surface area contributed by atoms with Gasteiger partial charge in [0.15, 0.2) is 0 Å². The number of carbonyl (C=O) groups excluding carboxylic acids is 1. The summed E-state index contributed by atoms with van der Waals surface area (Å²) >= 11 is 12.3. The van der Waals surface area contributed by atoms with Crippen molar-refractivity contribution in [2.45, 2.75) is 37.6 Å². The third kappa shape index (κ3) is 5.35. The monoisotopic (exact) mass is 456 g/mol. The van der Waals surface area contributed by atoms with Gasteiger partial charge in [-0.15, -0.1) is 0 Å². The van der Waals surface area contributed by atoms with Crippen molar-refractivity contribution in [3.63, 3.8) is 0 Å². The summed E-state index contributed by atoms with van der Waals surface area (Å²) in [4.78, 5) is 12.4. The number of rotatable bonds is 8. The van der Waals surface area contributed by atoms with E-state index in [2.05, 4.69) is 10.0 Å². The van der Waals surface area contributed by atoms with Crippen LogP contribution in [0.25, 0.3) is 0 Å². The number of ether oxygens (including phenoxy) is 1. The van der Waals surface area contributed by atoms with Crippen LogP contribution in [-0.4, -0.2) is 27.0 Å². The summed E-state index contributed by atoms with van der Waals surface area (Å²) in [5, 5.41) is 2.89. The molecule has 1 aliphatic carbocycles. The molecule has 0 radical (unpaired) electrons. The van der Waals surface area contributed by atoms with E-state index in [4.69, 9.17) is 27.9 Å². The molecular weight excluding hydrogens is 435 g/mol. The molecule has 9 heteroatoms. The molecule has 3 rings (SSSR count). The van der Waals surface area contributed by atoms with Gasteiger partial charge in [0.25, 0.3) is 15.9 Å². The minimum Gasteiger partial charge on any atom is -0.494 e. The predicted molar refractivity (Wildman–Crippen MR) is 115 cm³/mol. The Balaban J connectivity index is 1.84. The maximum atomic E-state index is 12.9. The van der Waals surface area contributed by atoms with Gasteiger partial charge >= 0.3 is 0 Å². The van der Waals surface area contributed by atoms with Gasteiger partial charge in [-0.05, 0) is 69.0 Å². The second-order valence-corrected chi connectivity index (χ2v) is 9.39. The summed E-state index contributed by atoms with van der Waals surface area (Å²) in [7, 11) is -4.04. The second kappa shape index (κ2) is 8.81. The molecule has 6 nitrogen and oxygen atoms in total. The topological polar surface area (TPSA) is 84.5 Å². The van der Waals surface area contributed by atoms with Crippen molar-refractivity contribution in [1.29, 1.82) is 0 Å². The molecule has 1 fully saturated rings. The fourth-order valence-electron chi connectivity index (χ4n) is 2.90. The van der Waals surface area contributed by atoms with Crippen molar-refractivity contribution in [1.82, 2.24) is 5.32 Å². The number of nitrogens with one attached hydrogen (secondary N) is 2. The molecule has 1 aliphatic rings. The van der Waals surface area contributed by atoms with Crippen molar-refractivity contribution in [3.05, 3.63) is 52.0 Å². The largest absolute Gasteiger partial charge is 0.494 e. The molecule has 0 aromatic heterocycles. The normalized spacial score (nSPS) is 14.9. The highest BCUT2D eigenvalue weighted by Crippen LogP contribution is 2.33. The molecule has 1 amide bonds. The van der Waals surface area contributed by atoms with Crippen LogP contribution < -0.4 is 14.8 Å². The van der Waals surface area contributed by atoms with Gasteiger partial charge in [-0.25, -0.2) is 8.42 Å². The van der Waals surface area contributed by atoms with Gasteiger partial charge in [0.05, 0.1) is 22.2 Å². The van der Waals surface area contributed by atoms with E-state index in [0.717, 1.165) is 12.8 Å². The molecule has 0 spiro atoms. The third-order valence-corrected chi connectivity index (χ3v) is 6.82. The van der Waals surface area contributed by atoms with Crippen LogP contribution in [0.15, 0.2) is 41.3 Å². The van der Waals surface area contributed by atoms with Crippen LogP contribution in [-0.2, 0) is 10.0 Å². The quantitative estimate of drug-likeness (QED) is 0.601. The maximum absolute atomic E-state index is 12.9. The van der Waals surface area contributed by atoms with Crippen LogP contribution in [0.4, 0.5) is 5.69 Å². The van der Waals surface area contributed by atoms with E-state index in [1.165, 1.54) is 12.1 Å². The van der Waals surface area contributed by atoms with Crippen molar-refractivity contribution < 1.29 is 17.9 Å². The zero-order valence-corrected chi connectivity index (χ0v) is 18.4. The van der Waals surface area contributed by atoms with E-state index < -0.39 is 15.9 Å². The molecule has 2 aromatic rings. The first-order chi connectivity index (χ1) is 13.7. The van der Waals surface area contributed by atoms with Crippen LogP contribution in [0, 0.1) is 5.92 Å². The van der Waals surface area contributed by atoms with Crippen LogP contribution in [0.2, 0.25) is 10.0 Å². The standard InChI is InChI=1S/C20H22Cl2N2O4S/c1-3-28-15-8-6-14(7-9-15)24-29(26,27)19-10-16(17(21)11-18(19)22)20(25)23-12(2)13-4-5-13/h6-13,24H,3-5H2,1-2H3,(H,23,25)/t12-/m0/s1. The van der Waals surface area contributed by atoms with Gasteiger partial charge in [-0.3, -0.25) is 9.52 Å². The van der Waals surface area contributed by atoms with Crippen molar-refractivity contribution >= 4 is 44.8 Å². The van der Waals surface area contributed by atoms with Gasteiger partial charge in [0, 0.05) is 11.7 Å². The summed E-state index contributed by atoms with van der Waals surface area (Å²) < 4.78 is 33.5. The Labute approximate surface area is 180 Å². The zero-order valence-electron chi connectivity index (χ0n) is 16.0. The Morgan fingerprint density at radius 3 is 2.41 bits per heavy atom. The lowest BCUT2D eigenvalue weighted by molar-refractivity contribution is 0.0936. The molecule has 1 saturated carbocycles. The molecule has 2 aromatic carbocycles. The SMILES string of the molecule is CCOc1ccc(NS(=O)(=O)c2cc(C(=O)N[C@@H](C)C3CC3)c(Cl)cc2Cl)cc1. The number of sulfonamides is 1. The van der Waals surface area contributed by atoms with E-state index >= 15 is 0 Å². The minimum absolute atomic E-state index is 0.00344. The second-order valence-electron chi connectivity index (χ2n) is 6.92. The molecular formula is C20H22Cl2N2O4S. The Bertz CT molecular complexity index is 1010. The Morgan fingerprint density at radius 2 is 1.83 bits per heavy atom. The first-order valence-corrected chi connectivity index (χ1v) is 11.5. The van der Waals surface area contributed by atoms with Crippen molar-refractivity contribution in [2.24, 2.45) is 5.92 Å². The fourth-order valence-corrected chi connectivity index (χ4v) is 4.82. The smallest absolute Gasteiger partial charge is 0.263 e. The van der Waals surface area contributed by atoms with Crippen molar-refractivity contribution in [3.8, 4) is 5.75 Å². The number of anilines is 1. The maximum Gasteiger partial charge on any atom is 0.263 e. The average molecular weight is 457 g/mol. The highest BCUT2D eigenvalue weighted by molar-refractivity contribution is 7.92. The molecule has 0 unspecified atom stereocenters. The molecule has 0 saturated heterocycles. The lowest BCUT2D eigenvalue weighted by Gasteiger charge is -2.15. The fraction of sp³-hybridized carbons (Fsp3) is 0.350. The van der Waals surface area contributed by atoms with Crippen molar-refractivity contribution in [2.75, 3.05) is 11.3 Å². The molecule has 0 bridgehead atoms. The number of hydrogen-bond donors (Lipinski definition) is 2. The molecule has 0 aliphatic heterocycles. The number of amides is 1. The van der Waals surface area contributed by atoms with Crippen LogP contribution in [0.1, 0.15) is 37.0 Å². The van der Waals surface area contributed by atoms with Gasteiger partial charge in [0.1, 0.15) is 10.6 Å². The summed E-state index contributed by atoms with van der Waals surface area (Å²) in [5.74, 6) is 0.654. The van der Waals surface area contributed by atoms with E-state index in [0.29, 0.717) is 24.0 Å². The van der Waals surface area contributed by atoms with E-state index in [9.17, 15) is 13.2 Å². The van der Waals surface area contributed by atoms with Gasteiger partial charge in [-0.2, -0.15) is 0 Å². The predicted octanol–water partition coefficient (Wildman–Crippen LogP) is 4.72. The Morgan fingerprint density at radius 1 is 1.17 bits per heavy atom. The van der Waals surface area contributed by atoms with E-state index in [1.807, 2.05) is 13.8 Å². The van der Waals surface area contributed by atoms with Gasteiger partial charge < -0.3 is 10.1 Å². The molecule has 1 atom stereocenters. The van der Waals surface area contributed by atoms with Gasteiger partial charge in [0.2, 0.25) is 0 Å². The van der Waals surface area contributed by atoms with Gasteiger partial charge in [-0.1, -0.05) is 23.2 Å². The molecule has 156 valence electrons. The summed E-state index contributed by atoms with van der Waals surface area (Å²) in [6.07, 6.45) is 2.14. The molecule has 29 heavy (non-hydrogen) atoms. The molecule has 0 heterocycles. The number of halogens is 2. The Hall–Kier alpha value is -1.96. The summed E-state index contributed by atoms with van der Waals surface area (Å²) in [5.41, 5.74) is 0.406. The van der Waals surface area contributed by atoms with E-state index in [-0.39, 0.29) is 26.5 Å². The summed E-state index contributed by atoms with van der Waals surface area (Å²) in [6.45, 7) is 4.29. The lowest BCUT2D eigenvalue weighted by Crippen LogP contribution is -2.34. The Kier molecular flexibility index (Phi) is 6.61. The number of hydrogen-bond acceptors (Lipinski definition) is 4. The number of carbonyl (C=O) groups is 1. The first-order valence-electron chi connectivity index (χ1n) is 9.27.